The maximum absolute atomic E-state index is 12.0. The molecule has 124 valence electrons. The van der Waals surface area contributed by atoms with Crippen LogP contribution in [0.15, 0.2) is 0 Å². The smallest absolute Gasteiger partial charge is 0.220 e. The van der Waals surface area contributed by atoms with Crippen LogP contribution in [0.25, 0.3) is 0 Å². The summed E-state index contributed by atoms with van der Waals surface area (Å²) >= 11 is 0. The second-order valence-electron chi connectivity index (χ2n) is 7.32. The Morgan fingerprint density at radius 3 is 2.71 bits per heavy atom. The predicted octanol–water partition coefficient (Wildman–Crippen LogP) is 2.45. The Morgan fingerprint density at radius 1 is 1.43 bits per heavy atom. The van der Waals surface area contributed by atoms with Gasteiger partial charge in [0.25, 0.3) is 0 Å². The molecule has 0 saturated heterocycles. The lowest BCUT2D eigenvalue weighted by atomic mass is 9.79. The molecule has 21 heavy (non-hydrogen) atoms. The van der Waals surface area contributed by atoms with E-state index in [1.54, 1.807) is 0 Å². The summed E-state index contributed by atoms with van der Waals surface area (Å²) in [7, 11) is 0. The van der Waals surface area contributed by atoms with Crippen LogP contribution in [0.1, 0.15) is 65.7 Å². The topological polar surface area (TPSA) is 75.3 Å². The number of hydrogen-bond donors (Lipinski definition) is 3. The lowest BCUT2D eigenvalue weighted by Crippen LogP contribution is -2.45. The number of aliphatic hydroxyl groups is 1. The Morgan fingerprint density at radius 2 is 2.14 bits per heavy atom. The third-order valence-corrected chi connectivity index (χ3v) is 4.90. The molecule has 1 aliphatic carbocycles. The van der Waals surface area contributed by atoms with Crippen molar-refractivity contribution in [3.05, 3.63) is 0 Å². The third-order valence-electron chi connectivity index (χ3n) is 4.90. The first-order valence-electron chi connectivity index (χ1n) is 8.55. The maximum Gasteiger partial charge on any atom is 0.220 e. The summed E-state index contributed by atoms with van der Waals surface area (Å²) in [5.41, 5.74) is 4.93. The predicted molar refractivity (Wildman–Crippen MR) is 86.8 cm³/mol. The minimum Gasteiger partial charge on any atom is -0.388 e. The monoisotopic (exact) mass is 298 g/mol. The molecule has 0 aromatic heterocycles. The summed E-state index contributed by atoms with van der Waals surface area (Å²) in [5.74, 6) is 1.68. The SMILES string of the molecule is CC1CCCC(O)(CNC(=O)CCC(CCN)C(C)C)C1. The first-order chi connectivity index (χ1) is 9.86. The molecular weight excluding hydrogens is 264 g/mol. The number of nitrogens with one attached hydrogen (secondary N) is 1. The van der Waals surface area contributed by atoms with Crippen LogP contribution in [0.5, 0.6) is 0 Å². The molecule has 0 spiro atoms. The molecule has 0 radical (unpaired) electrons. The number of hydrogen-bond acceptors (Lipinski definition) is 3. The zero-order valence-corrected chi connectivity index (χ0v) is 14.0. The van der Waals surface area contributed by atoms with Crippen molar-refractivity contribution in [2.24, 2.45) is 23.5 Å². The second kappa shape index (κ2) is 8.74. The van der Waals surface area contributed by atoms with Crippen molar-refractivity contribution in [1.29, 1.82) is 0 Å². The molecule has 4 N–H and O–H groups in total. The van der Waals surface area contributed by atoms with E-state index in [4.69, 9.17) is 5.73 Å². The number of amides is 1. The molecule has 0 heterocycles. The van der Waals surface area contributed by atoms with Gasteiger partial charge in [0.05, 0.1) is 5.60 Å². The largest absolute Gasteiger partial charge is 0.388 e. The Kier molecular flexibility index (Phi) is 7.67. The molecular formula is C17H34N2O2. The van der Waals surface area contributed by atoms with Crippen LogP contribution in [0.2, 0.25) is 0 Å². The minimum absolute atomic E-state index is 0.0596. The Balaban J connectivity index is 2.30. The van der Waals surface area contributed by atoms with Crippen molar-refractivity contribution in [1.82, 2.24) is 5.32 Å². The lowest BCUT2D eigenvalue weighted by Gasteiger charge is -2.35. The molecule has 0 bridgehead atoms. The van der Waals surface area contributed by atoms with Crippen LogP contribution < -0.4 is 11.1 Å². The van der Waals surface area contributed by atoms with Crippen LogP contribution in [0.4, 0.5) is 0 Å². The van der Waals surface area contributed by atoms with Gasteiger partial charge in [-0.2, -0.15) is 0 Å². The van der Waals surface area contributed by atoms with Crippen molar-refractivity contribution < 1.29 is 9.90 Å². The zero-order chi connectivity index (χ0) is 15.9. The zero-order valence-electron chi connectivity index (χ0n) is 14.0. The fourth-order valence-electron chi connectivity index (χ4n) is 3.49. The first-order valence-corrected chi connectivity index (χ1v) is 8.55. The normalized spacial score (nSPS) is 27.6. The van der Waals surface area contributed by atoms with Crippen molar-refractivity contribution in [2.45, 2.75) is 71.3 Å². The highest BCUT2D eigenvalue weighted by molar-refractivity contribution is 5.75. The molecule has 1 fully saturated rings. The highest BCUT2D eigenvalue weighted by Gasteiger charge is 2.32. The van der Waals surface area contributed by atoms with Gasteiger partial charge in [0.1, 0.15) is 0 Å². The Labute approximate surface area is 129 Å². The summed E-state index contributed by atoms with van der Waals surface area (Å²) in [6.07, 6.45) is 6.25. The van der Waals surface area contributed by atoms with Gasteiger partial charge in [-0.3, -0.25) is 4.79 Å². The van der Waals surface area contributed by atoms with Crippen LogP contribution in [-0.4, -0.2) is 29.7 Å². The highest BCUT2D eigenvalue weighted by atomic mass is 16.3. The molecule has 4 heteroatoms. The minimum atomic E-state index is -0.692. The van der Waals surface area contributed by atoms with E-state index in [-0.39, 0.29) is 5.91 Å². The summed E-state index contributed by atoms with van der Waals surface area (Å²) in [6, 6.07) is 0. The standard InChI is InChI=1S/C17H34N2O2/c1-13(2)15(8-10-18)6-7-16(20)19-12-17(21)9-4-5-14(3)11-17/h13-15,21H,4-12,18H2,1-3H3,(H,19,20). The highest BCUT2D eigenvalue weighted by Crippen LogP contribution is 2.31. The fourth-order valence-corrected chi connectivity index (χ4v) is 3.49. The van der Waals surface area contributed by atoms with Gasteiger partial charge in [-0.15, -0.1) is 0 Å². The van der Waals surface area contributed by atoms with E-state index in [9.17, 15) is 9.90 Å². The first kappa shape index (κ1) is 18.4. The van der Waals surface area contributed by atoms with E-state index < -0.39 is 5.60 Å². The fraction of sp³-hybridized carbons (Fsp3) is 0.941. The van der Waals surface area contributed by atoms with Crippen molar-refractivity contribution in [2.75, 3.05) is 13.1 Å². The van der Waals surface area contributed by atoms with Gasteiger partial charge in [0, 0.05) is 13.0 Å². The summed E-state index contributed by atoms with van der Waals surface area (Å²) in [4.78, 5) is 12.0. The average molecular weight is 298 g/mol. The third kappa shape index (κ3) is 6.79. The van der Waals surface area contributed by atoms with Gasteiger partial charge in [0.15, 0.2) is 0 Å². The van der Waals surface area contributed by atoms with Crippen molar-refractivity contribution >= 4 is 5.91 Å². The van der Waals surface area contributed by atoms with Gasteiger partial charge in [-0.25, -0.2) is 0 Å². The van der Waals surface area contributed by atoms with E-state index in [0.29, 0.717) is 37.3 Å². The van der Waals surface area contributed by atoms with Gasteiger partial charge in [-0.1, -0.05) is 33.6 Å². The van der Waals surface area contributed by atoms with E-state index in [1.165, 1.54) is 6.42 Å². The molecule has 3 atom stereocenters. The number of carbonyl (C=O) groups is 1. The average Bonchev–Trinajstić information content (AvgIpc) is 2.40. The number of rotatable bonds is 8. The Bertz CT molecular complexity index is 320. The van der Waals surface area contributed by atoms with Crippen molar-refractivity contribution in [3.8, 4) is 0 Å². The lowest BCUT2D eigenvalue weighted by molar-refractivity contribution is -0.123. The summed E-state index contributed by atoms with van der Waals surface area (Å²) in [6.45, 7) is 7.63. The van der Waals surface area contributed by atoms with E-state index in [2.05, 4.69) is 26.1 Å². The summed E-state index contributed by atoms with van der Waals surface area (Å²) < 4.78 is 0. The molecule has 1 rings (SSSR count). The molecule has 1 saturated carbocycles. The van der Waals surface area contributed by atoms with Crippen LogP contribution in [-0.2, 0) is 4.79 Å². The van der Waals surface area contributed by atoms with Gasteiger partial charge in [0.2, 0.25) is 5.91 Å². The van der Waals surface area contributed by atoms with Crippen LogP contribution in [0.3, 0.4) is 0 Å². The second-order valence-corrected chi connectivity index (χ2v) is 7.32. The molecule has 1 aliphatic rings. The summed E-state index contributed by atoms with van der Waals surface area (Å²) in [5, 5.41) is 13.4. The van der Waals surface area contributed by atoms with Crippen LogP contribution in [0, 0.1) is 17.8 Å². The molecule has 0 aliphatic heterocycles. The molecule has 1 amide bonds. The molecule has 3 unspecified atom stereocenters. The van der Waals surface area contributed by atoms with E-state index in [1.807, 2.05) is 0 Å². The van der Waals surface area contributed by atoms with Crippen LogP contribution >= 0.6 is 0 Å². The van der Waals surface area contributed by atoms with Gasteiger partial charge < -0.3 is 16.2 Å². The maximum atomic E-state index is 12.0. The quantitative estimate of drug-likeness (QED) is 0.644. The van der Waals surface area contributed by atoms with E-state index in [0.717, 1.165) is 32.1 Å². The molecule has 0 aromatic carbocycles. The van der Waals surface area contributed by atoms with Crippen molar-refractivity contribution in [3.63, 3.8) is 0 Å². The van der Waals surface area contributed by atoms with Gasteiger partial charge in [-0.05, 0) is 50.0 Å². The molecule has 0 aromatic rings. The van der Waals surface area contributed by atoms with E-state index >= 15 is 0 Å². The van der Waals surface area contributed by atoms with Gasteiger partial charge >= 0.3 is 0 Å². The Hall–Kier alpha value is -0.610. The molecule has 4 nitrogen and oxygen atoms in total. The number of nitrogens with two attached hydrogens (primary N) is 1. The number of carbonyl (C=O) groups excluding carboxylic acids is 1.